The Labute approximate surface area is 248 Å². The highest BCUT2D eigenvalue weighted by molar-refractivity contribution is 6.82. The molecule has 0 radical (unpaired) electrons. The maximum Gasteiger partial charge on any atom is 0.0536 e. The number of benzene rings is 1. The van der Waals surface area contributed by atoms with E-state index in [1.165, 1.54) is 91.7 Å². The summed E-state index contributed by atoms with van der Waals surface area (Å²) in [6.07, 6.45) is 14.2. The van der Waals surface area contributed by atoms with Crippen molar-refractivity contribution in [3.8, 4) is 0 Å². The minimum Gasteiger partial charge on any atom is -0.293 e. The Bertz CT molecular complexity index is 788. The first-order chi connectivity index (χ1) is 18.4. The highest BCUT2D eigenvalue weighted by Gasteiger charge is 2.34. The SMILES string of the molecule is C=CC[Si](C)(C)CCC[Si](CCCN=Cc1ccccc1)(CCC[Si](C)(C)CC=C)CCC[Si](C)(C)CC=C. The molecule has 0 atom stereocenters. The molecule has 1 nitrogen and oxygen atoms in total. The minimum atomic E-state index is -1.38. The van der Waals surface area contributed by atoms with Crippen LogP contribution in [0.4, 0.5) is 0 Å². The zero-order chi connectivity index (χ0) is 29.3. The molecule has 0 aliphatic heterocycles. The van der Waals surface area contributed by atoms with E-state index in [9.17, 15) is 0 Å². The molecule has 1 aromatic rings. The Morgan fingerprint density at radius 3 is 1.33 bits per heavy atom. The fourth-order valence-corrected chi connectivity index (χ4v) is 18.9. The van der Waals surface area contributed by atoms with Crippen molar-refractivity contribution < 1.29 is 0 Å². The predicted molar refractivity (Wildman–Crippen MR) is 194 cm³/mol. The monoisotopic (exact) mass is 597 g/mol. The first kappa shape index (κ1) is 36.0. The molecule has 5 heteroatoms. The van der Waals surface area contributed by atoms with Gasteiger partial charge in [0.2, 0.25) is 0 Å². The highest BCUT2D eigenvalue weighted by atomic mass is 28.3. The number of allylic oxidation sites excluding steroid dienone is 3. The summed E-state index contributed by atoms with van der Waals surface area (Å²) in [6.45, 7) is 28.6. The molecule has 0 fully saturated rings. The molecule has 0 spiro atoms. The number of hydrogen-bond acceptors (Lipinski definition) is 1. The smallest absolute Gasteiger partial charge is 0.0536 e. The molecule has 1 aromatic carbocycles. The van der Waals surface area contributed by atoms with Gasteiger partial charge in [0.25, 0.3) is 0 Å². The van der Waals surface area contributed by atoms with E-state index in [1.807, 2.05) is 0 Å². The molecule has 0 aromatic heterocycles. The Hall–Kier alpha value is -1.02. The Morgan fingerprint density at radius 1 is 0.564 bits per heavy atom. The lowest BCUT2D eigenvalue weighted by molar-refractivity contribution is 0.839. The molecule has 1 rings (SSSR count). The molecule has 0 amide bonds. The van der Waals surface area contributed by atoms with Gasteiger partial charge in [-0.15, -0.1) is 19.7 Å². The van der Waals surface area contributed by atoms with Crippen LogP contribution in [0.3, 0.4) is 0 Å². The van der Waals surface area contributed by atoms with E-state index >= 15 is 0 Å². The third-order valence-corrected chi connectivity index (χ3v) is 23.8. The van der Waals surface area contributed by atoms with Crippen molar-refractivity contribution in [2.75, 3.05) is 6.54 Å². The van der Waals surface area contributed by atoms with Crippen LogP contribution in [-0.2, 0) is 0 Å². The first-order valence-electron chi connectivity index (χ1n) is 15.8. The zero-order valence-electron chi connectivity index (χ0n) is 26.9. The Kier molecular flexibility index (Phi) is 17.0. The number of nitrogens with zero attached hydrogens (tertiary/aromatic N) is 1. The van der Waals surface area contributed by atoms with Gasteiger partial charge in [0, 0.05) is 12.8 Å². The average molecular weight is 598 g/mol. The van der Waals surface area contributed by atoms with Gasteiger partial charge in [0.05, 0.1) is 32.3 Å². The lowest BCUT2D eigenvalue weighted by Crippen LogP contribution is -2.37. The summed E-state index contributed by atoms with van der Waals surface area (Å²) in [5.74, 6) is 0. The second-order valence-electron chi connectivity index (χ2n) is 14.6. The third-order valence-electron chi connectivity index (χ3n) is 8.81. The van der Waals surface area contributed by atoms with Crippen LogP contribution in [0.2, 0.25) is 99.7 Å². The molecule has 0 bridgehead atoms. The molecule has 0 unspecified atom stereocenters. The van der Waals surface area contributed by atoms with E-state index in [4.69, 9.17) is 4.99 Å². The van der Waals surface area contributed by atoms with Gasteiger partial charge in [-0.2, -0.15) is 0 Å². The van der Waals surface area contributed by atoms with Crippen molar-refractivity contribution in [3.05, 3.63) is 73.9 Å². The standard InChI is InChI=1S/C34H63NSi4/c1-10-23-36(4,5)26-17-30-39(31-18-27-37(6,7)24-11-2,32-19-28-38(8,9)25-12-3)29-16-22-35-33-34-20-14-13-15-21-34/h10-15,20-21,33H,1-3,16-19,22-32H2,4-9H3. The summed E-state index contributed by atoms with van der Waals surface area (Å²) in [5.41, 5.74) is 1.22. The summed E-state index contributed by atoms with van der Waals surface area (Å²) < 4.78 is 0. The predicted octanol–water partition coefficient (Wildman–Crippen LogP) is 11.8. The van der Waals surface area contributed by atoms with Crippen LogP contribution in [-0.4, -0.2) is 45.1 Å². The van der Waals surface area contributed by atoms with Gasteiger partial charge in [0.1, 0.15) is 0 Å². The second kappa shape index (κ2) is 18.4. The van der Waals surface area contributed by atoms with E-state index in [2.05, 4.69) is 114 Å². The summed E-state index contributed by atoms with van der Waals surface area (Å²) in [7, 11) is -4.85. The number of hydrogen-bond donors (Lipinski definition) is 0. The maximum atomic E-state index is 4.86. The average Bonchev–Trinajstić information content (AvgIpc) is 2.84. The van der Waals surface area contributed by atoms with Gasteiger partial charge in [-0.1, -0.05) is 149 Å². The summed E-state index contributed by atoms with van der Waals surface area (Å²) >= 11 is 0. The lowest BCUT2D eigenvalue weighted by atomic mass is 10.2. The number of aliphatic imine (C=N–C) groups is 1. The third kappa shape index (κ3) is 16.7. The van der Waals surface area contributed by atoms with Crippen molar-refractivity contribution in [3.63, 3.8) is 0 Å². The van der Waals surface area contributed by atoms with Crippen LogP contribution in [0.15, 0.2) is 73.3 Å². The van der Waals surface area contributed by atoms with Gasteiger partial charge in [-0.25, -0.2) is 0 Å². The number of rotatable bonds is 23. The molecule has 220 valence electrons. The molecule has 0 aliphatic rings. The van der Waals surface area contributed by atoms with Gasteiger partial charge in [0.15, 0.2) is 0 Å². The van der Waals surface area contributed by atoms with Gasteiger partial charge < -0.3 is 0 Å². The van der Waals surface area contributed by atoms with Crippen molar-refractivity contribution in [1.82, 2.24) is 0 Å². The molecule has 0 N–H and O–H groups in total. The van der Waals surface area contributed by atoms with Crippen LogP contribution in [0.5, 0.6) is 0 Å². The second-order valence-corrected chi connectivity index (χ2v) is 35.3. The molecule has 39 heavy (non-hydrogen) atoms. The van der Waals surface area contributed by atoms with E-state index in [1.54, 1.807) is 0 Å². The normalized spacial score (nSPS) is 13.1. The van der Waals surface area contributed by atoms with Crippen molar-refractivity contribution in [2.45, 2.75) is 125 Å². The Balaban J connectivity index is 3.02. The van der Waals surface area contributed by atoms with E-state index in [0.717, 1.165) is 6.54 Å². The largest absolute Gasteiger partial charge is 0.293 e. The fourth-order valence-electron chi connectivity index (χ4n) is 6.31. The summed E-state index contributed by atoms with van der Waals surface area (Å²) in [6, 6.07) is 24.9. The minimum absolute atomic E-state index is 0.980. The fraction of sp³-hybridized carbons (Fsp3) is 0.618. The summed E-state index contributed by atoms with van der Waals surface area (Å²) in [5, 5.41) is 0. The summed E-state index contributed by atoms with van der Waals surface area (Å²) in [4.78, 5) is 4.86. The Morgan fingerprint density at radius 2 is 0.949 bits per heavy atom. The molecular formula is C34H63NSi4. The first-order valence-corrected chi connectivity index (χ1v) is 28.8. The van der Waals surface area contributed by atoms with Gasteiger partial charge in [-0.3, -0.25) is 4.99 Å². The highest BCUT2D eigenvalue weighted by Crippen LogP contribution is 2.37. The van der Waals surface area contributed by atoms with Crippen LogP contribution in [0, 0.1) is 0 Å². The van der Waals surface area contributed by atoms with E-state index in [-0.39, 0.29) is 0 Å². The molecule has 0 heterocycles. The lowest BCUT2D eigenvalue weighted by Gasteiger charge is -2.35. The van der Waals surface area contributed by atoms with Gasteiger partial charge in [-0.05, 0) is 30.1 Å². The molecular weight excluding hydrogens is 535 g/mol. The van der Waals surface area contributed by atoms with Crippen LogP contribution < -0.4 is 0 Å². The van der Waals surface area contributed by atoms with Crippen molar-refractivity contribution in [1.29, 1.82) is 0 Å². The van der Waals surface area contributed by atoms with Crippen LogP contribution in [0.1, 0.15) is 31.2 Å². The van der Waals surface area contributed by atoms with Crippen LogP contribution >= 0.6 is 0 Å². The van der Waals surface area contributed by atoms with E-state index in [0.29, 0.717) is 0 Å². The van der Waals surface area contributed by atoms with Crippen LogP contribution in [0.25, 0.3) is 0 Å². The van der Waals surface area contributed by atoms with Crippen molar-refractivity contribution >= 4 is 38.5 Å². The quantitative estimate of drug-likeness (QED) is 0.0515. The van der Waals surface area contributed by atoms with Gasteiger partial charge >= 0.3 is 0 Å². The topological polar surface area (TPSA) is 12.4 Å². The molecule has 0 saturated carbocycles. The molecule has 0 saturated heterocycles. The van der Waals surface area contributed by atoms with Crippen molar-refractivity contribution in [2.24, 2.45) is 4.99 Å². The maximum absolute atomic E-state index is 4.86. The van der Waals surface area contributed by atoms with E-state index < -0.39 is 32.3 Å². The zero-order valence-corrected chi connectivity index (χ0v) is 30.9. The molecule has 0 aliphatic carbocycles.